The molecular formula is C23H29NO3. The number of rotatable bonds is 6. The number of hydrogen-bond acceptors (Lipinski definition) is 3. The SMILES string of the molecule is CC(C)c1ccc(OCC2CCN(C(=O)OCc3ccccc3)CC2)cc1. The van der Waals surface area contributed by atoms with Gasteiger partial charge in [0.15, 0.2) is 0 Å². The van der Waals surface area contributed by atoms with E-state index in [2.05, 4.69) is 26.0 Å². The van der Waals surface area contributed by atoms with Gasteiger partial charge in [0.25, 0.3) is 0 Å². The van der Waals surface area contributed by atoms with Crippen molar-refractivity contribution in [2.75, 3.05) is 19.7 Å². The summed E-state index contributed by atoms with van der Waals surface area (Å²) in [6.07, 6.45) is 1.68. The molecule has 0 bridgehead atoms. The fraction of sp³-hybridized carbons (Fsp3) is 0.435. The molecule has 0 unspecified atom stereocenters. The summed E-state index contributed by atoms with van der Waals surface area (Å²) in [6, 6.07) is 18.1. The van der Waals surface area contributed by atoms with Gasteiger partial charge in [-0.1, -0.05) is 56.3 Å². The minimum atomic E-state index is -0.220. The Morgan fingerprint density at radius 3 is 2.33 bits per heavy atom. The van der Waals surface area contributed by atoms with Crippen LogP contribution in [0.1, 0.15) is 43.7 Å². The maximum atomic E-state index is 12.2. The smallest absolute Gasteiger partial charge is 0.410 e. The minimum absolute atomic E-state index is 0.220. The second kappa shape index (κ2) is 9.45. The highest BCUT2D eigenvalue weighted by Crippen LogP contribution is 2.22. The van der Waals surface area contributed by atoms with E-state index in [4.69, 9.17) is 9.47 Å². The first-order valence-corrected chi connectivity index (χ1v) is 9.80. The molecule has 1 heterocycles. The summed E-state index contributed by atoms with van der Waals surface area (Å²) in [7, 11) is 0. The summed E-state index contributed by atoms with van der Waals surface area (Å²) in [4.78, 5) is 14.0. The predicted molar refractivity (Wildman–Crippen MR) is 107 cm³/mol. The van der Waals surface area contributed by atoms with Crippen LogP contribution in [0, 0.1) is 5.92 Å². The van der Waals surface area contributed by atoms with Gasteiger partial charge in [0.1, 0.15) is 12.4 Å². The van der Waals surface area contributed by atoms with Gasteiger partial charge < -0.3 is 14.4 Å². The molecular weight excluding hydrogens is 338 g/mol. The van der Waals surface area contributed by atoms with Gasteiger partial charge in [0, 0.05) is 13.1 Å². The van der Waals surface area contributed by atoms with Crippen LogP contribution in [0.2, 0.25) is 0 Å². The van der Waals surface area contributed by atoms with Crippen molar-refractivity contribution in [3.05, 3.63) is 65.7 Å². The minimum Gasteiger partial charge on any atom is -0.493 e. The maximum Gasteiger partial charge on any atom is 0.410 e. The molecule has 3 rings (SSSR count). The second-order valence-electron chi connectivity index (χ2n) is 7.51. The molecule has 0 saturated carbocycles. The largest absolute Gasteiger partial charge is 0.493 e. The summed E-state index contributed by atoms with van der Waals surface area (Å²) in [5.41, 5.74) is 2.34. The first-order chi connectivity index (χ1) is 13.1. The molecule has 0 aliphatic carbocycles. The van der Waals surface area contributed by atoms with E-state index >= 15 is 0 Å². The summed E-state index contributed by atoms with van der Waals surface area (Å²) < 4.78 is 11.4. The number of benzene rings is 2. The van der Waals surface area contributed by atoms with Crippen molar-refractivity contribution < 1.29 is 14.3 Å². The molecule has 4 nitrogen and oxygen atoms in total. The summed E-state index contributed by atoms with van der Waals surface area (Å²) in [6.45, 7) is 6.87. The van der Waals surface area contributed by atoms with E-state index in [9.17, 15) is 4.79 Å². The Morgan fingerprint density at radius 1 is 1.04 bits per heavy atom. The third-order valence-electron chi connectivity index (χ3n) is 5.11. The molecule has 0 radical (unpaired) electrons. The van der Waals surface area contributed by atoms with Crippen LogP contribution in [-0.2, 0) is 11.3 Å². The van der Waals surface area contributed by atoms with Crippen molar-refractivity contribution >= 4 is 6.09 Å². The summed E-state index contributed by atoms with van der Waals surface area (Å²) >= 11 is 0. The Labute approximate surface area is 162 Å². The van der Waals surface area contributed by atoms with Gasteiger partial charge in [0.05, 0.1) is 6.61 Å². The Morgan fingerprint density at radius 2 is 1.70 bits per heavy atom. The molecule has 0 atom stereocenters. The van der Waals surface area contributed by atoms with E-state index in [0.717, 1.165) is 37.2 Å². The number of carbonyl (C=O) groups excluding carboxylic acids is 1. The number of piperidine rings is 1. The van der Waals surface area contributed by atoms with Crippen LogP contribution >= 0.6 is 0 Å². The van der Waals surface area contributed by atoms with Crippen molar-refractivity contribution in [3.8, 4) is 5.75 Å². The maximum absolute atomic E-state index is 12.2. The molecule has 4 heteroatoms. The van der Waals surface area contributed by atoms with Crippen molar-refractivity contribution in [1.82, 2.24) is 4.90 Å². The fourth-order valence-corrected chi connectivity index (χ4v) is 3.26. The fourth-order valence-electron chi connectivity index (χ4n) is 3.26. The lowest BCUT2D eigenvalue weighted by Crippen LogP contribution is -2.39. The van der Waals surface area contributed by atoms with Crippen LogP contribution in [0.15, 0.2) is 54.6 Å². The Kier molecular flexibility index (Phi) is 6.74. The highest BCUT2D eigenvalue weighted by Gasteiger charge is 2.24. The Balaban J connectivity index is 1.37. The van der Waals surface area contributed by atoms with Crippen molar-refractivity contribution in [1.29, 1.82) is 0 Å². The molecule has 1 amide bonds. The van der Waals surface area contributed by atoms with Gasteiger partial charge in [-0.25, -0.2) is 4.79 Å². The zero-order valence-electron chi connectivity index (χ0n) is 16.3. The number of amides is 1. The standard InChI is InChI=1S/C23H29NO3/c1-18(2)21-8-10-22(11-9-21)26-16-20-12-14-24(15-13-20)23(25)27-17-19-6-4-3-5-7-19/h3-11,18,20H,12-17H2,1-2H3. The van der Waals surface area contributed by atoms with Crippen molar-refractivity contribution in [2.45, 2.75) is 39.2 Å². The van der Waals surface area contributed by atoms with Crippen LogP contribution in [0.3, 0.4) is 0 Å². The molecule has 1 fully saturated rings. The predicted octanol–water partition coefficient (Wildman–Crippen LogP) is 5.24. The second-order valence-corrected chi connectivity index (χ2v) is 7.51. The van der Waals surface area contributed by atoms with E-state index in [1.165, 1.54) is 5.56 Å². The van der Waals surface area contributed by atoms with Crippen LogP contribution in [0.5, 0.6) is 5.75 Å². The van der Waals surface area contributed by atoms with E-state index in [0.29, 0.717) is 25.0 Å². The van der Waals surface area contributed by atoms with E-state index in [1.54, 1.807) is 4.90 Å². The Bertz CT molecular complexity index is 704. The average Bonchev–Trinajstić information content (AvgIpc) is 2.72. The van der Waals surface area contributed by atoms with Gasteiger partial charge >= 0.3 is 6.09 Å². The lowest BCUT2D eigenvalue weighted by Gasteiger charge is -2.31. The van der Waals surface area contributed by atoms with Gasteiger partial charge in [-0.3, -0.25) is 0 Å². The zero-order chi connectivity index (χ0) is 19.1. The van der Waals surface area contributed by atoms with Crippen LogP contribution < -0.4 is 4.74 Å². The topological polar surface area (TPSA) is 38.8 Å². The molecule has 144 valence electrons. The summed E-state index contributed by atoms with van der Waals surface area (Å²) in [5, 5.41) is 0. The number of hydrogen-bond donors (Lipinski definition) is 0. The average molecular weight is 367 g/mol. The van der Waals surface area contributed by atoms with E-state index < -0.39 is 0 Å². The molecule has 27 heavy (non-hydrogen) atoms. The monoisotopic (exact) mass is 367 g/mol. The third-order valence-corrected chi connectivity index (χ3v) is 5.11. The molecule has 0 N–H and O–H groups in total. The molecule has 1 aliphatic rings. The highest BCUT2D eigenvalue weighted by atomic mass is 16.6. The lowest BCUT2D eigenvalue weighted by atomic mass is 9.98. The van der Waals surface area contributed by atoms with E-state index in [1.807, 2.05) is 42.5 Å². The number of carbonyl (C=O) groups is 1. The first kappa shape index (κ1) is 19.3. The van der Waals surface area contributed by atoms with Crippen LogP contribution in [0.4, 0.5) is 4.79 Å². The molecule has 0 aromatic heterocycles. The number of ether oxygens (including phenoxy) is 2. The van der Waals surface area contributed by atoms with Crippen molar-refractivity contribution in [2.24, 2.45) is 5.92 Å². The molecule has 1 aliphatic heterocycles. The van der Waals surface area contributed by atoms with Gasteiger partial charge in [0.2, 0.25) is 0 Å². The highest BCUT2D eigenvalue weighted by molar-refractivity contribution is 5.67. The van der Waals surface area contributed by atoms with Gasteiger partial charge in [-0.2, -0.15) is 0 Å². The molecule has 0 spiro atoms. The number of likely N-dealkylation sites (tertiary alicyclic amines) is 1. The molecule has 2 aromatic rings. The van der Waals surface area contributed by atoms with Gasteiger partial charge in [-0.05, 0) is 47.9 Å². The quantitative estimate of drug-likeness (QED) is 0.701. The first-order valence-electron chi connectivity index (χ1n) is 9.80. The normalized spacial score (nSPS) is 15.0. The summed E-state index contributed by atoms with van der Waals surface area (Å²) in [5.74, 6) is 1.93. The Hall–Kier alpha value is -2.49. The molecule has 1 saturated heterocycles. The van der Waals surface area contributed by atoms with Gasteiger partial charge in [-0.15, -0.1) is 0 Å². The molecule has 2 aromatic carbocycles. The lowest BCUT2D eigenvalue weighted by molar-refractivity contribution is 0.0761. The zero-order valence-corrected chi connectivity index (χ0v) is 16.3. The third kappa shape index (κ3) is 5.75. The van der Waals surface area contributed by atoms with Crippen LogP contribution in [-0.4, -0.2) is 30.7 Å². The van der Waals surface area contributed by atoms with Crippen LogP contribution in [0.25, 0.3) is 0 Å². The number of nitrogens with zero attached hydrogens (tertiary/aromatic N) is 1. The van der Waals surface area contributed by atoms with Crippen molar-refractivity contribution in [3.63, 3.8) is 0 Å². The van der Waals surface area contributed by atoms with E-state index in [-0.39, 0.29) is 6.09 Å².